The van der Waals surface area contributed by atoms with Gasteiger partial charge in [0.2, 0.25) is 0 Å². The summed E-state index contributed by atoms with van der Waals surface area (Å²) in [6.45, 7) is 5.73. The van der Waals surface area contributed by atoms with E-state index in [0.29, 0.717) is 11.3 Å². The van der Waals surface area contributed by atoms with Crippen molar-refractivity contribution >= 4 is 23.1 Å². The summed E-state index contributed by atoms with van der Waals surface area (Å²) in [6, 6.07) is 12.6. The molecule has 1 aliphatic heterocycles. The van der Waals surface area contributed by atoms with Gasteiger partial charge in [-0.1, -0.05) is 41.5 Å². The fraction of sp³-hybridized carbons (Fsp3) is 0.158. The number of aryl methyl sites for hydroxylation is 3. The molecule has 0 fully saturated rings. The van der Waals surface area contributed by atoms with Crippen molar-refractivity contribution in [1.82, 2.24) is 0 Å². The lowest BCUT2D eigenvalue weighted by Crippen LogP contribution is -2.31. The molecule has 23 heavy (non-hydrogen) atoms. The summed E-state index contributed by atoms with van der Waals surface area (Å²) >= 11 is 0. The van der Waals surface area contributed by atoms with Gasteiger partial charge in [-0.3, -0.25) is 9.59 Å². The second-order valence-electron chi connectivity index (χ2n) is 5.82. The van der Waals surface area contributed by atoms with Crippen LogP contribution in [0.2, 0.25) is 0 Å². The Bertz CT molecular complexity index is 847. The number of anilines is 1. The van der Waals surface area contributed by atoms with Crippen molar-refractivity contribution in [3.8, 4) is 0 Å². The van der Waals surface area contributed by atoms with E-state index in [1.165, 1.54) is 0 Å². The van der Waals surface area contributed by atoms with Crippen LogP contribution in [-0.4, -0.2) is 16.9 Å². The molecular weight excluding hydrogens is 290 g/mol. The lowest BCUT2D eigenvalue weighted by Gasteiger charge is -2.15. The molecule has 0 unspecified atom stereocenters. The lowest BCUT2D eigenvalue weighted by atomic mass is 9.98. The minimum absolute atomic E-state index is 0.0630. The van der Waals surface area contributed by atoms with Gasteiger partial charge in [0.1, 0.15) is 0 Å². The third-order valence-electron chi connectivity index (χ3n) is 4.00. The van der Waals surface area contributed by atoms with Crippen molar-refractivity contribution in [2.75, 3.05) is 4.90 Å². The fourth-order valence-electron chi connectivity index (χ4n) is 2.78. The van der Waals surface area contributed by atoms with Crippen LogP contribution in [0.1, 0.15) is 22.3 Å². The van der Waals surface area contributed by atoms with Crippen molar-refractivity contribution in [3.05, 3.63) is 70.5 Å². The van der Waals surface area contributed by atoms with Gasteiger partial charge in [-0.05, 0) is 44.0 Å². The monoisotopic (exact) mass is 307 g/mol. The number of imide groups is 1. The van der Waals surface area contributed by atoms with E-state index in [4.69, 9.17) is 0 Å². The van der Waals surface area contributed by atoms with Gasteiger partial charge in [0, 0.05) is 0 Å². The molecule has 1 N–H and O–H groups in total. The summed E-state index contributed by atoms with van der Waals surface area (Å²) in [5, 5.41) is 10.2. The second kappa shape index (κ2) is 5.39. The van der Waals surface area contributed by atoms with Gasteiger partial charge in [0.15, 0.2) is 5.76 Å². The van der Waals surface area contributed by atoms with Gasteiger partial charge in [0.05, 0.1) is 11.3 Å². The number of carbonyl (C=O) groups excluding carboxylic acids is 2. The summed E-state index contributed by atoms with van der Waals surface area (Å²) in [7, 11) is 0. The first-order chi connectivity index (χ1) is 10.9. The zero-order valence-electron chi connectivity index (χ0n) is 13.3. The predicted molar refractivity (Wildman–Crippen MR) is 89.1 cm³/mol. The summed E-state index contributed by atoms with van der Waals surface area (Å²) in [5.41, 5.74) is 4.03. The lowest BCUT2D eigenvalue weighted by molar-refractivity contribution is -0.121. The Kier molecular flexibility index (Phi) is 3.52. The largest absolute Gasteiger partial charge is 0.502 e. The van der Waals surface area contributed by atoms with Crippen molar-refractivity contribution in [2.45, 2.75) is 20.8 Å². The van der Waals surface area contributed by atoms with Crippen LogP contribution in [0, 0.1) is 20.8 Å². The summed E-state index contributed by atoms with van der Waals surface area (Å²) in [4.78, 5) is 26.1. The molecular formula is C19H17NO3. The quantitative estimate of drug-likeness (QED) is 0.865. The Hall–Kier alpha value is -2.88. The van der Waals surface area contributed by atoms with Crippen molar-refractivity contribution in [3.63, 3.8) is 0 Å². The van der Waals surface area contributed by atoms with Crippen molar-refractivity contribution in [2.24, 2.45) is 0 Å². The van der Waals surface area contributed by atoms with E-state index in [0.717, 1.165) is 21.6 Å². The number of aliphatic hydroxyl groups is 1. The number of carbonyl (C=O) groups is 2. The maximum Gasteiger partial charge on any atom is 0.301 e. The molecule has 1 heterocycles. The topological polar surface area (TPSA) is 57.6 Å². The highest BCUT2D eigenvalue weighted by Crippen LogP contribution is 2.33. The first-order valence-corrected chi connectivity index (χ1v) is 7.36. The van der Waals surface area contributed by atoms with Gasteiger partial charge in [0.25, 0.3) is 5.91 Å². The van der Waals surface area contributed by atoms with Crippen LogP contribution >= 0.6 is 0 Å². The molecule has 2 amide bonds. The molecule has 2 aromatic rings. The molecule has 0 aliphatic carbocycles. The maximum absolute atomic E-state index is 12.7. The molecule has 116 valence electrons. The molecule has 0 atom stereocenters. The molecule has 0 radical (unpaired) electrons. The smallest absolute Gasteiger partial charge is 0.301 e. The average Bonchev–Trinajstić information content (AvgIpc) is 2.72. The average molecular weight is 307 g/mol. The third kappa shape index (κ3) is 2.42. The Morgan fingerprint density at radius 2 is 1.43 bits per heavy atom. The van der Waals surface area contributed by atoms with Gasteiger partial charge in [-0.25, -0.2) is 4.90 Å². The third-order valence-corrected chi connectivity index (χ3v) is 4.00. The van der Waals surface area contributed by atoms with Gasteiger partial charge >= 0.3 is 5.91 Å². The molecule has 1 aliphatic rings. The highest BCUT2D eigenvalue weighted by molar-refractivity contribution is 6.45. The number of rotatable bonds is 2. The summed E-state index contributed by atoms with van der Waals surface area (Å²) in [6.07, 6.45) is 0. The van der Waals surface area contributed by atoms with Crippen LogP contribution < -0.4 is 4.90 Å². The van der Waals surface area contributed by atoms with Crippen molar-refractivity contribution in [1.29, 1.82) is 0 Å². The highest BCUT2D eigenvalue weighted by atomic mass is 16.3. The van der Waals surface area contributed by atoms with Crippen LogP contribution in [0.15, 0.2) is 48.2 Å². The number of hydrogen-bond acceptors (Lipinski definition) is 3. The highest BCUT2D eigenvalue weighted by Gasteiger charge is 2.40. The fourth-order valence-corrected chi connectivity index (χ4v) is 2.78. The van der Waals surface area contributed by atoms with Gasteiger partial charge in [-0.15, -0.1) is 0 Å². The number of aliphatic hydroxyl groups excluding tert-OH is 1. The van der Waals surface area contributed by atoms with E-state index >= 15 is 0 Å². The van der Waals surface area contributed by atoms with Crippen LogP contribution in [0.4, 0.5) is 5.69 Å². The Morgan fingerprint density at radius 3 is 2.04 bits per heavy atom. The molecule has 0 bridgehead atoms. The van der Waals surface area contributed by atoms with E-state index in [1.54, 1.807) is 18.2 Å². The standard InChI is InChI=1S/C19H17NO3/c1-11-4-7-14(8-5-11)20-18(22)16(17(21)19(20)23)15-9-6-12(2)10-13(15)3/h4-10,21H,1-3H3. The predicted octanol–water partition coefficient (Wildman–Crippen LogP) is 3.45. The molecule has 4 nitrogen and oxygen atoms in total. The molecule has 2 aromatic carbocycles. The van der Waals surface area contributed by atoms with E-state index < -0.39 is 17.6 Å². The summed E-state index contributed by atoms with van der Waals surface area (Å²) < 4.78 is 0. The summed E-state index contributed by atoms with van der Waals surface area (Å²) in [5.74, 6) is -1.68. The SMILES string of the molecule is Cc1ccc(N2C(=O)C(O)=C(c3ccc(C)cc3C)C2=O)cc1. The Labute approximate surface area is 134 Å². The first kappa shape index (κ1) is 15.0. The number of amides is 2. The molecule has 0 saturated carbocycles. The van der Waals surface area contributed by atoms with Gasteiger partial charge < -0.3 is 5.11 Å². The van der Waals surface area contributed by atoms with E-state index in [9.17, 15) is 14.7 Å². The van der Waals surface area contributed by atoms with Crippen LogP contribution in [0.25, 0.3) is 5.57 Å². The first-order valence-electron chi connectivity index (χ1n) is 7.36. The second-order valence-corrected chi connectivity index (χ2v) is 5.82. The molecule has 0 aromatic heterocycles. The van der Waals surface area contributed by atoms with E-state index in [2.05, 4.69) is 0 Å². The maximum atomic E-state index is 12.7. The number of hydrogen-bond donors (Lipinski definition) is 1. The minimum Gasteiger partial charge on any atom is -0.502 e. The molecule has 0 saturated heterocycles. The van der Waals surface area contributed by atoms with Crippen LogP contribution in [-0.2, 0) is 9.59 Å². The van der Waals surface area contributed by atoms with Crippen LogP contribution in [0.5, 0.6) is 0 Å². The van der Waals surface area contributed by atoms with Gasteiger partial charge in [-0.2, -0.15) is 0 Å². The Morgan fingerprint density at radius 1 is 0.826 bits per heavy atom. The van der Waals surface area contributed by atoms with Crippen LogP contribution in [0.3, 0.4) is 0 Å². The number of nitrogens with zero attached hydrogens (tertiary/aromatic N) is 1. The normalized spacial score (nSPS) is 14.8. The van der Waals surface area contributed by atoms with E-state index in [1.807, 2.05) is 45.0 Å². The zero-order valence-corrected chi connectivity index (χ0v) is 13.3. The Balaban J connectivity index is 2.08. The zero-order chi connectivity index (χ0) is 16.7. The molecule has 0 spiro atoms. The molecule has 4 heteroatoms. The molecule has 3 rings (SSSR count). The van der Waals surface area contributed by atoms with Crippen molar-refractivity contribution < 1.29 is 14.7 Å². The minimum atomic E-state index is -0.686. The number of benzene rings is 2. The van der Waals surface area contributed by atoms with E-state index in [-0.39, 0.29) is 5.57 Å².